The Kier molecular flexibility index (Phi) is 58.5. The summed E-state index contributed by atoms with van der Waals surface area (Å²) >= 11 is 0. The molecule has 0 amide bonds. The lowest BCUT2D eigenvalue weighted by molar-refractivity contribution is -0.161. The quantitative estimate of drug-likeness (QED) is 0.0222. The molecule has 0 saturated carbocycles. The first-order valence-electron chi connectivity index (χ1n) is 36.2. The number of rotatable bonds is 67. The first kappa shape index (κ1) is 87.1. The number of carbonyl (C=O) groups excluding carboxylic acids is 4. The van der Waals surface area contributed by atoms with Gasteiger partial charge >= 0.3 is 39.5 Å². The number of unbranched alkanes of at least 4 members (excludes halogenated alkanes) is 32. The van der Waals surface area contributed by atoms with Crippen molar-refractivity contribution in [2.75, 3.05) is 39.6 Å². The third-order valence-corrected chi connectivity index (χ3v) is 18.3. The first-order valence-corrected chi connectivity index (χ1v) is 39.2. The Morgan fingerprint density at radius 1 is 0.315 bits per heavy atom. The van der Waals surface area contributed by atoms with Crippen LogP contribution < -0.4 is 0 Å². The van der Waals surface area contributed by atoms with Gasteiger partial charge in [-0.3, -0.25) is 37.3 Å². The summed E-state index contributed by atoms with van der Waals surface area (Å²) in [6.45, 7) is 14.0. The third-order valence-electron chi connectivity index (χ3n) is 16.4. The van der Waals surface area contributed by atoms with Crippen LogP contribution in [0.2, 0.25) is 0 Å². The van der Waals surface area contributed by atoms with Gasteiger partial charge in [0.2, 0.25) is 0 Å². The minimum absolute atomic E-state index is 0.102. The van der Waals surface area contributed by atoms with E-state index in [2.05, 4.69) is 55.4 Å². The highest BCUT2D eigenvalue weighted by molar-refractivity contribution is 7.47. The van der Waals surface area contributed by atoms with Crippen molar-refractivity contribution in [1.29, 1.82) is 0 Å². The van der Waals surface area contributed by atoms with Gasteiger partial charge < -0.3 is 33.8 Å². The van der Waals surface area contributed by atoms with E-state index in [1.807, 2.05) is 0 Å². The topological polar surface area (TPSA) is 237 Å². The molecule has 0 aromatic rings. The number of aliphatic hydroxyl groups excluding tert-OH is 1. The smallest absolute Gasteiger partial charge is 0.462 e. The highest BCUT2D eigenvalue weighted by Crippen LogP contribution is 2.45. The monoisotopic (exact) mass is 1310 g/mol. The van der Waals surface area contributed by atoms with Crippen molar-refractivity contribution in [2.45, 2.75) is 363 Å². The van der Waals surface area contributed by atoms with Gasteiger partial charge in [0, 0.05) is 25.7 Å². The van der Waals surface area contributed by atoms with Crippen molar-refractivity contribution < 1.29 is 80.2 Å². The molecule has 0 spiro atoms. The first-order chi connectivity index (χ1) is 42.6. The normalized spacial score (nSPS) is 14.6. The number of phosphoric acid groups is 2. The second kappa shape index (κ2) is 59.8. The van der Waals surface area contributed by atoms with Crippen LogP contribution in [0.15, 0.2) is 0 Å². The van der Waals surface area contributed by atoms with Crippen LogP contribution in [0.3, 0.4) is 0 Å². The van der Waals surface area contributed by atoms with Crippen molar-refractivity contribution in [3.8, 4) is 0 Å². The summed E-state index contributed by atoms with van der Waals surface area (Å²) in [6.07, 6.45) is 41.9. The summed E-state index contributed by atoms with van der Waals surface area (Å²) in [5.41, 5.74) is 0. The second-order valence-corrected chi connectivity index (χ2v) is 29.8. The zero-order chi connectivity index (χ0) is 66.1. The number of hydrogen-bond acceptors (Lipinski definition) is 15. The molecule has 89 heavy (non-hydrogen) atoms. The molecule has 0 aliphatic carbocycles. The van der Waals surface area contributed by atoms with Gasteiger partial charge in [0.25, 0.3) is 0 Å². The maximum Gasteiger partial charge on any atom is 0.472 e. The predicted octanol–water partition coefficient (Wildman–Crippen LogP) is 19.7. The summed E-state index contributed by atoms with van der Waals surface area (Å²) < 4.78 is 68.2. The van der Waals surface area contributed by atoms with E-state index in [1.165, 1.54) is 148 Å². The highest BCUT2D eigenvalue weighted by atomic mass is 31.2. The van der Waals surface area contributed by atoms with Crippen molar-refractivity contribution in [2.24, 2.45) is 23.7 Å². The van der Waals surface area contributed by atoms with E-state index in [0.717, 1.165) is 102 Å². The van der Waals surface area contributed by atoms with E-state index in [1.54, 1.807) is 0 Å². The lowest BCUT2D eigenvalue weighted by atomic mass is 9.99. The van der Waals surface area contributed by atoms with Crippen LogP contribution in [-0.4, -0.2) is 96.7 Å². The molecule has 0 aromatic heterocycles. The summed E-state index contributed by atoms with van der Waals surface area (Å²) in [7, 11) is -9.90. The van der Waals surface area contributed by atoms with Crippen LogP contribution in [0.25, 0.3) is 0 Å². The SMILES string of the molecule is CCC(C)CCCCCCCCCCCCCCCCC(=O)OC[C@H](COP(=O)(O)OCC(O)COP(=O)(O)OC[C@@H](COC(=O)CCCCCCCCCCC(C)C)OC(=O)CCCCCCCCCC(C)C)OC(=O)CCCCCCCCCC(C)C. The molecule has 0 aromatic carbocycles. The van der Waals surface area contributed by atoms with Gasteiger partial charge in [0.05, 0.1) is 26.4 Å². The number of carbonyl (C=O) groups is 4. The van der Waals surface area contributed by atoms with E-state index in [4.69, 9.17) is 37.0 Å². The average Bonchev–Trinajstić information content (AvgIpc) is 3.64. The number of ether oxygens (including phenoxy) is 4. The Bertz CT molecular complexity index is 1770. The molecule has 19 heteroatoms. The van der Waals surface area contributed by atoms with E-state index < -0.39 is 97.5 Å². The van der Waals surface area contributed by atoms with Gasteiger partial charge in [0.15, 0.2) is 12.2 Å². The van der Waals surface area contributed by atoms with Gasteiger partial charge in [-0.25, -0.2) is 9.13 Å². The molecule has 0 aliphatic rings. The summed E-state index contributed by atoms with van der Waals surface area (Å²) in [5, 5.41) is 10.6. The Hall–Kier alpha value is -1.94. The number of esters is 4. The number of hydrogen-bond donors (Lipinski definition) is 3. The lowest BCUT2D eigenvalue weighted by Crippen LogP contribution is -2.30. The van der Waals surface area contributed by atoms with Gasteiger partial charge in [-0.15, -0.1) is 0 Å². The molecule has 0 rings (SSSR count). The molecule has 0 heterocycles. The molecule has 0 radical (unpaired) electrons. The van der Waals surface area contributed by atoms with Crippen LogP contribution in [0.1, 0.15) is 344 Å². The molecule has 17 nitrogen and oxygen atoms in total. The van der Waals surface area contributed by atoms with E-state index >= 15 is 0 Å². The lowest BCUT2D eigenvalue weighted by Gasteiger charge is -2.21. The largest absolute Gasteiger partial charge is 0.472 e. The zero-order valence-corrected chi connectivity index (χ0v) is 59.8. The highest BCUT2D eigenvalue weighted by Gasteiger charge is 2.30. The van der Waals surface area contributed by atoms with Gasteiger partial charge in [-0.1, -0.05) is 293 Å². The molecule has 0 fully saturated rings. The summed E-state index contributed by atoms with van der Waals surface area (Å²) in [6, 6.07) is 0. The maximum absolute atomic E-state index is 13.0. The molecule has 0 bridgehead atoms. The predicted molar refractivity (Wildman–Crippen MR) is 358 cm³/mol. The van der Waals surface area contributed by atoms with Crippen molar-refractivity contribution in [3.63, 3.8) is 0 Å². The Labute approximate surface area is 543 Å². The summed E-state index contributed by atoms with van der Waals surface area (Å²) in [5.74, 6) is 0.833. The average molecular weight is 1310 g/mol. The molecule has 4 unspecified atom stereocenters. The number of aliphatic hydroxyl groups is 1. The van der Waals surface area contributed by atoms with Crippen LogP contribution in [0.4, 0.5) is 0 Å². The van der Waals surface area contributed by atoms with Crippen LogP contribution in [0, 0.1) is 23.7 Å². The minimum atomic E-state index is -4.95. The molecule has 0 saturated heterocycles. The fraction of sp³-hybridized carbons (Fsp3) is 0.943. The standard InChI is InChI=1S/C70H136O17P2/c1-9-63(8)49-41-33-25-16-14-12-10-11-13-15-17-26-34-42-50-67(72)80-56-65(86-69(74)52-44-36-28-20-23-31-39-47-61(4)5)58-84-88(76,77)82-54-64(71)55-83-89(78,79)85-59-66(87-70(75)53-45-37-29-21-24-32-40-48-62(6)7)57-81-68(73)51-43-35-27-19-18-22-30-38-46-60(2)3/h60-66,71H,9-59H2,1-8H3,(H,76,77)(H,78,79)/t63?,64?,65-,66-/m1/s1. The maximum atomic E-state index is 13.0. The van der Waals surface area contributed by atoms with Crippen LogP contribution >= 0.6 is 15.6 Å². The van der Waals surface area contributed by atoms with E-state index in [0.29, 0.717) is 37.5 Å². The van der Waals surface area contributed by atoms with Gasteiger partial charge in [0.1, 0.15) is 19.3 Å². The second-order valence-electron chi connectivity index (χ2n) is 26.9. The van der Waals surface area contributed by atoms with Crippen molar-refractivity contribution >= 4 is 39.5 Å². The fourth-order valence-corrected chi connectivity index (χ4v) is 12.0. The number of phosphoric ester groups is 2. The van der Waals surface area contributed by atoms with E-state index in [9.17, 15) is 43.2 Å². The molecule has 6 atom stereocenters. The zero-order valence-electron chi connectivity index (χ0n) is 58.1. The molecule has 3 N–H and O–H groups in total. The van der Waals surface area contributed by atoms with E-state index in [-0.39, 0.29) is 25.7 Å². The molecular formula is C70H136O17P2. The molecular weight excluding hydrogens is 1170 g/mol. The molecule has 528 valence electrons. The fourth-order valence-electron chi connectivity index (χ4n) is 10.5. The van der Waals surface area contributed by atoms with Crippen LogP contribution in [-0.2, 0) is 65.4 Å². The van der Waals surface area contributed by atoms with Gasteiger partial charge in [-0.2, -0.15) is 0 Å². The Morgan fingerprint density at radius 3 is 0.798 bits per heavy atom. The van der Waals surface area contributed by atoms with Crippen molar-refractivity contribution in [3.05, 3.63) is 0 Å². The Morgan fingerprint density at radius 2 is 0.539 bits per heavy atom. The molecule has 0 aliphatic heterocycles. The van der Waals surface area contributed by atoms with Gasteiger partial charge in [-0.05, 0) is 49.4 Å². The minimum Gasteiger partial charge on any atom is -0.462 e. The Balaban J connectivity index is 5.18. The third kappa shape index (κ3) is 63.2. The van der Waals surface area contributed by atoms with Crippen LogP contribution in [0.5, 0.6) is 0 Å². The van der Waals surface area contributed by atoms with Crippen molar-refractivity contribution in [1.82, 2.24) is 0 Å². The summed E-state index contributed by atoms with van der Waals surface area (Å²) in [4.78, 5) is 72.4.